The summed E-state index contributed by atoms with van der Waals surface area (Å²) in [6.45, 7) is 6.94. The molecule has 2 heterocycles. The highest BCUT2D eigenvalue weighted by Crippen LogP contribution is 2.42. The van der Waals surface area contributed by atoms with Gasteiger partial charge >= 0.3 is 6.18 Å². The van der Waals surface area contributed by atoms with Crippen molar-refractivity contribution in [3.63, 3.8) is 0 Å². The first-order chi connectivity index (χ1) is 9.86. The summed E-state index contributed by atoms with van der Waals surface area (Å²) in [6, 6.07) is 4.52. The maximum atomic E-state index is 13.1. The molecule has 1 aromatic carbocycles. The van der Waals surface area contributed by atoms with Crippen LogP contribution in [0.4, 0.5) is 13.2 Å². The van der Waals surface area contributed by atoms with E-state index in [4.69, 9.17) is 4.74 Å². The number of fused-ring (bicyclic) bond motifs is 3. The van der Waals surface area contributed by atoms with E-state index < -0.39 is 11.7 Å². The molecule has 0 aliphatic carbocycles. The number of halogens is 4. The van der Waals surface area contributed by atoms with Crippen LogP contribution in [0.5, 0.6) is 0 Å². The zero-order valence-electron chi connectivity index (χ0n) is 12.7. The molecule has 3 rings (SSSR count). The molecular formula is C16H21ClF3NO. The fourth-order valence-electron chi connectivity index (χ4n) is 3.55. The second kappa shape index (κ2) is 6.38. The zero-order valence-corrected chi connectivity index (χ0v) is 13.5. The number of benzene rings is 1. The van der Waals surface area contributed by atoms with Crippen LogP contribution in [0.1, 0.15) is 36.5 Å². The minimum Gasteiger partial charge on any atom is -0.371 e. The molecule has 6 heteroatoms. The summed E-state index contributed by atoms with van der Waals surface area (Å²) >= 11 is 0. The topological polar surface area (TPSA) is 12.5 Å². The van der Waals surface area contributed by atoms with E-state index in [9.17, 15) is 13.2 Å². The Bertz CT molecular complexity index is 533. The molecule has 0 spiro atoms. The Morgan fingerprint density at radius 2 is 2.00 bits per heavy atom. The number of ether oxygens (including phenoxy) is 1. The highest BCUT2D eigenvalue weighted by molar-refractivity contribution is 5.85. The van der Waals surface area contributed by atoms with E-state index in [2.05, 4.69) is 18.7 Å². The van der Waals surface area contributed by atoms with Gasteiger partial charge in [-0.3, -0.25) is 4.90 Å². The Kier molecular flexibility index (Phi) is 5.09. The minimum atomic E-state index is -4.31. The summed E-state index contributed by atoms with van der Waals surface area (Å²) in [4.78, 5) is 2.30. The standard InChI is InChI=1S/C16H20F3NO.ClH/c1-10(2)6-20-7-12-11-4-3-5-14(16(17,18)19)13(11)9-21-15(12)8-20;/h3-5,10,12,15H,6-9H2,1-2H3;1H/t12-,15-;/m1./s1. The summed E-state index contributed by atoms with van der Waals surface area (Å²) in [5.74, 6) is 0.612. The van der Waals surface area contributed by atoms with Crippen molar-refractivity contribution >= 4 is 12.4 Å². The van der Waals surface area contributed by atoms with Gasteiger partial charge in [-0.25, -0.2) is 0 Å². The molecule has 0 saturated carbocycles. The van der Waals surface area contributed by atoms with Gasteiger partial charge < -0.3 is 4.74 Å². The number of rotatable bonds is 2. The largest absolute Gasteiger partial charge is 0.416 e. The van der Waals surface area contributed by atoms with E-state index in [-0.39, 0.29) is 31.0 Å². The molecule has 0 unspecified atom stereocenters. The molecule has 2 atom stereocenters. The molecular weight excluding hydrogens is 315 g/mol. The molecule has 0 aromatic heterocycles. The Morgan fingerprint density at radius 1 is 1.27 bits per heavy atom. The first-order valence-electron chi connectivity index (χ1n) is 7.39. The lowest BCUT2D eigenvalue weighted by Gasteiger charge is -2.29. The van der Waals surface area contributed by atoms with Gasteiger partial charge in [-0.2, -0.15) is 13.2 Å². The summed E-state index contributed by atoms with van der Waals surface area (Å²) < 4.78 is 45.0. The molecule has 0 bridgehead atoms. The van der Waals surface area contributed by atoms with Crippen LogP contribution in [0, 0.1) is 5.92 Å². The second-order valence-electron chi connectivity index (χ2n) is 6.44. The normalized spacial score (nSPS) is 24.8. The first kappa shape index (κ1) is 17.6. The predicted octanol–water partition coefficient (Wildman–Crippen LogP) is 4.08. The fraction of sp³-hybridized carbons (Fsp3) is 0.625. The van der Waals surface area contributed by atoms with Crippen molar-refractivity contribution in [3.8, 4) is 0 Å². The number of hydrogen-bond acceptors (Lipinski definition) is 2. The lowest BCUT2D eigenvalue weighted by molar-refractivity contribution is -0.139. The van der Waals surface area contributed by atoms with Gasteiger partial charge in [0.1, 0.15) is 0 Å². The Labute approximate surface area is 135 Å². The molecule has 2 aliphatic heterocycles. The highest BCUT2D eigenvalue weighted by Gasteiger charge is 2.42. The van der Waals surface area contributed by atoms with E-state index in [0.29, 0.717) is 11.5 Å². The SMILES string of the molecule is CC(C)CN1C[C@@H]2c3cccc(C(F)(F)F)c3CO[C@@H]2C1.Cl. The van der Waals surface area contributed by atoms with Crippen molar-refractivity contribution in [2.45, 2.75) is 38.7 Å². The minimum absolute atomic E-state index is 0. The molecule has 0 N–H and O–H groups in total. The van der Waals surface area contributed by atoms with Gasteiger partial charge in [-0.1, -0.05) is 26.0 Å². The fourth-order valence-corrected chi connectivity index (χ4v) is 3.55. The number of hydrogen-bond donors (Lipinski definition) is 0. The van der Waals surface area contributed by atoms with E-state index in [1.165, 1.54) is 6.07 Å². The number of alkyl halides is 3. The molecule has 1 fully saturated rings. The van der Waals surface area contributed by atoms with Crippen molar-refractivity contribution in [2.75, 3.05) is 19.6 Å². The lowest BCUT2D eigenvalue weighted by Crippen LogP contribution is -2.29. The average molecular weight is 336 g/mol. The molecule has 2 aliphatic rings. The molecule has 1 aromatic rings. The third-order valence-electron chi connectivity index (χ3n) is 4.32. The summed E-state index contributed by atoms with van der Waals surface area (Å²) in [5.41, 5.74) is 0.616. The highest BCUT2D eigenvalue weighted by atomic mass is 35.5. The van der Waals surface area contributed by atoms with Crippen molar-refractivity contribution in [1.82, 2.24) is 4.90 Å². The quantitative estimate of drug-likeness (QED) is 0.807. The third-order valence-corrected chi connectivity index (χ3v) is 4.32. The van der Waals surface area contributed by atoms with Gasteiger partial charge in [0, 0.05) is 25.6 Å². The van der Waals surface area contributed by atoms with Gasteiger partial charge in [0.25, 0.3) is 0 Å². The Morgan fingerprint density at radius 3 is 2.64 bits per heavy atom. The van der Waals surface area contributed by atoms with Crippen molar-refractivity contribution in [2.24, 2.45) is 5.92 Å². The van der Waals surface area contributed by atoms with Crippen LogP contribution in [-0.4, -0.2) is 30.6 Å². The van der Waals surface area contributed by atoms with Crippen molar-refractivity contribution < 1.29 is 17.9 Å². The molecule has 0 radical (unpaired) electrons. The number of nitrogens with zero attached hydrogens (tertiary/aromatic N) is 1. The van der Waals surface area contributed by atoms with E-state index in [1.54, 1.807) is 0 Å². The van der Waals surface area contributed by atoms with Gasteiger partial charge in [0.05, 0.1) is 18.3 Å². The Balaban J connectivity index is 0.00000176. The van der Waals surface area contributed by atoms with E-state index >= 15 is 0 Å². The lowest BCUT2D eigenvalue weighted by atomic mass is 9.87. The summed E-state index contributed by atoms with van der Waals surface area (Å²) in [7, 11) is 0. The number of likely N-dealkylation sites (tertiary alicyclic amines) is 1. The molecule has 22 heavy (non-hydrogen) atoms. The predicted molar refractivity (Wildman–Crippen MR) is 81.3 cm³/mol. The zero-order chi connectivity index (χ0) is 15.2. The summed E-state index contributed by atoms with van der Waals surface area (Å²) in [6.07, 6.45) is -4.28. The second-order valence-corrected chi connectivity index (χ2v) is 6.44. The van der Waals surface area contributed by atoms with E-state index in [1.807, 2.05) is 6.07 Å². The third kappa shape index (κ3) is 3.26. The van der Waals surface area contributed by atoms with Crippen LogP contribution in [0.25, 0.3) is 0 Å². The Hall–Kier alpha value is -0.780. The van der Waals surface area contributed by atoms with Crippen LogP contribution in [0.15, 0.2) is 18.2 Å². The molecule has 2 nitrogen and oxygen atoms in total. The van der Waals surface area contributed by atoms with Crippen LogP contribution in [0.2, 0.25) is 0 Å². The first-order valence-corrected chi connectivity index (χ1v) is 7.39. The molecule has 0 amide bonds. The van der Waals surface area contributed by atoms with Gasteiger partial charge in [-0.05, 0) is 23.1 Å². The van der Waals surface area contributed by atoms with Crippen LogP contribution < -0.4 is 0 Å². The maximum Gasteiger partial charge on any atom is 0.416 e. The van der Waals surface area contributed by atoms with E-state index in [0.717, 1.165) is 31.3 Å². The van der Waals surface area contributed by atoms with Crippen LogP contribution >= 0.6 is 12.4 Å². The monoisotopic (exact) mass is 335 g/mol. The smallest absolute Gasteiger partial charge is 0.371 e. The van der Waals surface area contributed by atoms with Crippen LogP contribution in [0.3, 0.4) is 0 Å². The van der Waals surface area contributed by atoms with Crippen molar-refractivity contribution in [1.29, 1.82) is 0 Å². The van der Waals surface area contributed by atoms with Gasteiger partial charge in [0.15, 0.2) is 0 Å². The van der Waals surface area contributed by atoms with Crippen LogP contribution in [-0.2, 0) is 17.5 Å². The maximum absolute atomic E-state index is 13.1. The van der Waals surface area contributed by atoms with Gasteiger partial charge in [-0.15, -0.1) is 12.4 Å². The molecule has 1 saturated heterocycles. The van der Waals surface area contributed by atoms with Crippen molar-refractivity contribution in [3.05, 3.63) is 34.9 Å². The average Bonchev–Trinajstić information content (AvgIpc) is 2.78. The molecule has 124 valence electrons. The summed E-state index contributed by atoms with van der Waals surface area (Å²) in [5, 5.41) is 0. The van der Waals surface area contributed by atoms with Gasteiger partial charge in [0.2, 0.25) is 0 Å².